The van der Waals surface area contributed by atoms with Crippen LogP contribution in [0.15, 0.2) is 18.2 Å². The molecule has 0 aliphatic rings. The number of nitrogens with two attached hydrogens (primary N) is 1. The number of rotatable bonds is 8. The number of methoxy groups -OCH3 is 2. The van der Waals surface area contributed by atoms with Crippen molar-refractivity contribution in [1.82, 2.24) is 5.43 Å². The van der Waals surface area contributed by atoms with Gasteiger partial charge in [0.2, 0.25) is 0 Å². The Morgan fingerprint density at radius 3 is 2.58 bits per heavy atom. The molecule has 2 unspecified atom stereocenters. The first-order chi connectivity index (χ1) is 9.10. The molecular formula is C15H26N2O2. The Labute approximate surface area is 116 Å². The summed E-state index contributed by atoms with van der Waals surface area (Å²) in [6.45, 7) is 4.15. The molecule has 0 amide bonds. The van der Waals surface area contributed by atoms with Crippen LogP contribution in [0.2, 0.25) is 0 Å². The second-order valence-electron chi connectivity index (χ2n) is 5.01. The van der Waals surface area contributed by atoms with Gasteiger partial charge >= 0.3 is 0 Å². The van der Waals surface area contributed by atoms with Crippen LogP contribution in [0.4, 0.5) is 0 Å². The van der Waals surface area contributed by atoms with Crippen molar-refractivity contribution in [3.63, 3.8) is 0 Å². The lowest BCUT2D eigenvalue weighted by Gasteiger charge is -2.19. The molecule has 108 valence electrons. The summed E-state index contributed by atoms with van der Waals surface area (Å²) in [6, 6.07) is 6.45. The zero-order valence-corrected chi connectivity index (χ0v) is 12.4. The Morgan fingerprint density at radius 2 is 2.00 bits per heavy atom. The van der Waals surface area contributed by atoms with Gasteiger partial charge in [0, 0.05) is 13.2 Å². The summed E-state index contributed by atoms with van der Waals surface area (Å²) in [5, 5.41) is 0. The van der Waals surface area contributed by atoms with E-state index in [1.165, 1.54) is 11.1 Å². The van der Waals surface area contributed by atoms with Crippen LogP contribution >= 0.6 is 0 Å². The van der Waals surface area contributed by atoms with Crippen LogP contribution in [0, 0.1) is 6.92 Å². The number of hydrogen-bond donors (Lipinski definition) is 2. The summed E-state index contributed by atoms with van der Waals surface area (Å²) >= 11 is 0. The molecule has 0 spiro atoms. The molecule has 0 aliphatic carbocycles. The molecule has 0 saturated carbocycles. The molecule has 19 heavy (non-hydrogen) atoms. The Kier molecular flexibility index (Phi) is 6.84. The minimum atomic E-state index is 0.230. The molecule has 1 rings (SSSR count). The van der Waals surface area contributed by atoms with Gasteiger partial charge in [0.25, 0.3) is 0 Å². The van der Waals surface area contributed by atoms with Crippen molar-refractivity contribution in [3.8, 4) is 5.75 Å². The van der Waals surface area contributed by atoms with Crippen LogP contribution in [0.5, 0.6) is 5.75 Å². The molecule has 0 aliphatic heterocycles. The van der Waals surface area contributed by atoms with Crippen LogP contribution in [-0.4, -0.2) is 26.4 Å². The first kappa shape index (κ1) is 16.0. The van der Waals surface area contributed by atoms with Gasteiger partial charge in [-0.25, -0.2) is 0 Å². The van der Waals surface area contributed by atoms with E-state index in [1.807, 2.05) is 6.07 Å². The van der Waals surface area contributed by atoms with Gasteiger partial charge in [0.15, 0.2) is 0 Å². The van der Waals surface area contributed by atoms with E-state index >= 15 is 0 Å². The Bertz CT molecular complexity index is 382. The summed E-state index contributed by atoms with van der Waals surface area (Å²) in [4.78, 5) is 0. The van der Waals surface area contributed by atoms with Crippen LogP contribution in [0.1, 0.15) is 30.9 Å². The lowest BCUT2D eigenvalue weighted by Crippen LogP contribution is -2.37. The average Bonchev–Trinajstić information content (AvgIpc) is 2.43. The van der Waals surface area contributed by atoms with E-state index in [1.54, 1.807) is 14.2 Å². The highest BCUT2D eigenvalue weighted by molar-refractivity contribution is 5.37. The highest BCUT2D eigenvalue weighted by Crippen LogP contribution is 2.22. The topological polar surface area (TPSA) is 56.5 Å². The van der Waals surface area contributed by atoms with Crippen molar-refractivity contribution in [1.29, 1.82) is 0 Å². The van der Waals surface area contributed by atoms with Crippen molar-refractivity contribution in [3.05, 3.63) is 29.3 Å². The lowest BCUT2D eigenvalue weighted by molar-refractivity contribution is 0.106. The van der Waals surface area contributed by atoms with Crippen molar-refractivity contribution < 1.29 is 9.47 Å². The van der Waals surface area contributed by atoms with E-state index in [-0.39, 0.29) is 12.1 Å². The van der Waals surface area contributed by atoms with E-state index in [0.717, 1.165) is 25.0 Å². The number of benzene rings is 1. The molecule has 0 heterocycles. The van der Waals surface area contributed by atoms with Gasteiger partial charge in [-0.2, -0.15) is 0 Å². The van der Waals surface area contributed by atoms with E-state index in [2.05, 4.69) is 31.4 Å². The van der Waals surface area contributed by atoms with E-state index in [4.69, 9.17) is 15.3 Å². The van der Waals surface area contributed by atoms with Gasteiger partial charge in [-0.05, 0) is 44.7 Å². The molecule has 0 saturated heterocycles. The smallest absolute Gasteiger partial charge is 0.122 e. The molecule has 4 heteroatoms. The molecule has 0 bridgehead atoms. The third-order valence-corrected chi connectivity index (χ3v) is 3.46. The first-order valence-electron chi connectivity index (χ1n) is 6.73. The lowest BCUT2D eigenvalue weighted by atomic mass is 9.99. The maximum atomic E-state index is 5.65. The zero-order chi connectivity index (χ0) is 14.3. The largest absolute Gasteiger partial charge is 0.496 e. The second kappa shape index (κ2) is 8.15. The standard InChI is InChI=1S/C15H26N2O2/c1-11-5-8-15(19-4)13(9-11)10-14(17-16)7-6-12(2)18-3/h5,8-9,12,14,17H,6-7,10,16H2,1-4H3. The molecule has 3 N–H and O–H groups in total. The highest BCUT2D eigenvalue weighted by Gasteiger charge is 2.13. The van der Waals surface area contributed by atoms with Gasteiger partial charge in [0.05, 0.1) is 13.2 Å². The maximum Gasteiger partial charge on any atom is 0.122 e. The van der Waals surface area contributed by atoms with Gasteiger partial charge in [-0.3, -0.25) is 11.3 Å². The summed E-state index contributed by atoms with van der Waals surface area (Å²) in [5.41, 5.74) is 5.31. The fraction of sp³-hybridized carbons (Fsp3) is 0.600. The van der Waals surface area contributed by atoms with Crippen molar-refractivity contribution >= 4 is 0 Å². The molecular weight excluding hydrogens is 240 g/mol. The average molecular weight is 266 g/mol. The van der Waals surface area contributed by atoms with Crippen LogP contribution < -0.4 is 16.0 Å². The van der Waals surface area contributed by atoms with Crippen LogP contribution in [0.25, 0.3) is 0 Å². The van der Waals surface area contributed by atoms with E-state index in [9.17, 15) is 0 Å². The zero-order valence-electron chi connectivity index (χ0n) is 12.4. The number of aryl methyl sites for hydroxylation is 1. The summed E-state index contributed by atoms with van der Waals surface area (Å²) < 4.78 is 10.7. The van der Waals surface area contributed by atoms with Gasteiger partial charge in [-0.15, -0.1) is 0 Å². The maximum absolute atomic E-state index is 5.65. The molecule has 0 radical (unpaired) electrons. The van der Waals surface area contributed by atoms with Crippen molar-refractivity contribution in [2.75, 3.05) is 14.2 Å². The molecule has 0 aromatic heterocycles. The highest BCUT2D eigenvalue weighted by atomic mass is 16.5. The predicted octanol–water partition coefficient (Wildman–Crippen LogP) is 2.19. The number of hydrazine groups is 1. The molecule has 2 atom stereocenters. The van der Waals surface area contributed by atoms with Gasteiger partial charge in [0.1, 0.15) is 5.75 Å². The van der Waals surface area contributed by atoms with Gasteiger partial charge < -0.3 is 9.47 Å². The predicted molar refractivity (Wildman–Crippen MR) is 78.3 cm³/mol. The molecule has 0 fully saturated rings. The SMILES string of the molecule is COc1ccc(C)cc1CC(CCC(C)OC)NN. The second-order valence-corrected chi connectivity index (χ2v) is 5.01. The summed E-state index contributed by atoms with van der Waals surface area (Å²) in [6.07, 6.45) is 3.08. The number of ether oxygens (including phenoxy) is 2. The minimum Gasteiger partial charge on any atom is -0.496 e. The fourth-order valence-electron chi connectivity index (χ4n) is 2.13. The van der Waals surface area contributed by atoms with Crippen LogP contribution in [-0.2, 0) is 11.2 Å². The van der Waals surface area contributed by atoms with Crippen LogP contribution in [0.3, 0.4) is 0 Å². The third-order valence-electron chi connectivity index (χ3n) is 3.46. The third kappa shape index (κ3) is 5.19. The van der Waals surface area contributed by atoms with E-state index in [0.29, 0.717) is 0 Å². The number of nitrogens with one attached hydrogen (secondary N) is 1. The minimum absolute atomic E-state index is 0.230. The molecule has 4 nitrogen and oxygen atoms in total. The Balaban J connectivity index is 2.66. The quantitative estimate of drug-likeness (QED) is 0.559. The number of hydrogen-bond acceptors (Lipinski definition) is 4. The molecule has 1 aromatic carbocycles. The van der Waals surface area contributed by atoms with Gasteiger partial charge in [-0.1, -0.05) is 17.7 Å². The monoisotopic (exact) mass is 266 g/mol. The summed E-state index contributed by atoms with van der Waals surface area (Å²) in [7, 11) is 3.44. The normalized spacial score (nSPS) is 14.2. The van der Waals surface area contributed by atoms with Crippen molar-refractivity contribution in [2.24, 2.45) is 5.84 Å². The Hall–Kier alpha value is -1.10. The Morgan fingerprint density at radius 1 is 1.26 bits per heavy atom. The first-order valence-corrected chi connectivity index (χ1v) is 6.73. The fourth-order valence-corrected chi connectivity index (χ4v) is 2.13. The summed E-state index contributed by atoms with van der Waals surface area (Å²) in [5.74, 6) is 6.57. The molecule has 1 aromatic rings. The van der Waals surface area contributed by atoms with Crippen molar-refractivity contribution in [2.45, 2.75) is 45.3 Å². The van der Waals surface area contributed by atoms with E-state index < -0.39 is 0 Å².